The fourth-order valence-corrected chi connectivity index (χ4v) is 0.719. The van der Waals surface area contributed by atoms with Gasteiger partial charge in [-0.1, -0.05) is 0 Å². The Labute approximate surface area is 57.4 Å². The van der Waals surface area contributed by atoms with Crippen LogP contribution in [0, 0.1) is 0 Å². The lowest BCUT2D eigenvalue weighted by atomic mass is 10.5. The molecule has 0 radical (unpaired) electrons. The smallest absolute Gasteiger partial charge is 0.215 e. The Morgan fingerprint density at radius 2 is 1.67 bits per heavy atom. The molecule has 0 aromatic carbocycles. The molecule has 1 rings (SSSR count). The highest BCUT2D eigenvalue weighted by Gasteiger charge is 1.94. The van der Waals surface area contributed by atoms with Crippen molar-refractivity contribution in [1.29, 1.82) is 0 Å². The molecular formula is C5H5NO2S. The van der Waals surface area contributed by atoms with Gasteiger partial charge in [0.05, 0.1) is 0 Å². The standard InChI is InChI=1S/C5H5NO2S/c7-4-1-3(9)2-5(8)6-4/h1-2H,(H3,6,7,8,9). The summed E-state index contributed by atoms with van der Waals surface area (Å²) < 4.78 is 0. The van der Waals surface area contributed by atoms with Gasteiger partial charge in [0.15, 0.2) is 0 Å². The minimum absolute atomic E-state index is 0.222. The fourth-order valence-electron chi connectivity index (χ4n) is 0.488. The summed E-state index contributed by atoms with van der Waals surface area (Å²) in [6.45, 7) is 0. The molecule has 48 valence electrons. The quantitative estimate of drug-likeness (QED) is 0.470. The van der Waals surface area contributed by atoms with Crippen LogP contribution < -0.4 is 0 Å². The lowest BCUT2D eigenvalue weighted by Gasteiger charge is -1.93. The maximum absolute atomic E-state index is 8.67. The molecule has 0 saturated carbocycles. The summed E-state index contributed by atoms with van der Waals surface area (Å²) in [5, 5.41) is 17.3. The maximum atomic E-state index is 8.67. The molecule has 0 atom stereocenters. The van der Waals surface area contributed by atoms with Crippen molar-refractivity contribution >= 4 is 12.6 Å². The predicted molar refractivity (Wildman–Crippen MR) is 34.8 cm³/mol. The minimum atomic E-state index is -0.222. The first-order valence-corrected chi connectivity index (χ1v) is 2.72. The highest BCUT2D eigenvalue weighted by Crippen LogP contribution is 2.17. The molecule has 4 heteroatoms. The number of rotatable bonds is 0. The zero-order valence-corrected chi connectivity index (χ0v) is 5.34. The molecule has 0 bridgehead atoms. The summed E-state index contributed by atoms with van der Waals surface area (Å²) in [5.74, 6) is -0.444. The van der Waals surface area contributed by atoms with Crippen molar-refractivity contribution in [3.63, 3.8) is 0 Å². The third-order valence-electron chi connectivity index (χ3n) is 0.783. The van der Waals surface area contributed by atoms with Gasteiger partial charge < -0.3 is 10.2 Å². The first kappa shape index (κ1) is 6.22. The second-order valence-electron chi connectivity index (χ2n) is 1.54. The molecule has 1 aromatic rings. The molecule has 0 fully saturated rings. The normalized spacial score (nSPS) is 9.44. The topological polar surface area (TPSA) is 53.4 Å². The highest BCUT2D eigenvalue weighted by molar-refractivity contribution is 7.80. The van der Waals surface area contributed by atoms with E-state index >= 15 is 0 Å². The zero-order chi connectivity index (χ0) is 6.85. The summed E-state index contributed by atoms with van der Waals surface area (Å²) in [6.07, 6.45) is 0. The summed E-state index contributed by atoms with van der Waals surface area (Å²) in [5.41, 5.74) is 0. The highest BCUT2D eigenvalue weighted by atomic mass is 32.1. The van der Waals surface area contributed by atoms with Gasteiger partial charge in [-0.3, -0.25) is 0 Å². The third kappa shape index (κ3) is 1.50. The Balaban J connectivity index is 3.17. The van der Waals surface area contributed by atoms with Gasteiger partial charge in [-0.2, -0.15) is 4.98 Å². The molecule has 0 aliphatic rings. The van der Waals surface area contributed by atoms with Crippen molar-refractivity contribution in [2.75, 3.05) is 0 Å². The molecule has 0 unspecified atom stereocenters. The van der Waals surface area contributed by atoms with Crippen LogP contribution in [-0.4, -0.2) is 15.2 Å². The van der Waals surface area contributed by atoms with E-state index in [1.165, 1.54) is 12.1 Å². The van der Waals surface area contributed by atoms with E-state index in [4.69, 9.17) is 10.2 Å². The zero-order valence-electron chi connectivity index (χ0n) is 4.44. The van der Waals surface area contributed by atoms with E-state index < -0.39 is 0 Å². The van der Waals surface area contributed by atoms with Crippen LogP contribution >= 0.6 is 12.6 Å². The van der Waals surface area contributed by atoms with Crippen molar-refractivity contribution in [1.82, 2.24) is 4.98 Å². The van der Waals surface area contributed by atoms with Crippen LogP contribution in [0.5, 0.6) is 11.8 Å². The van der Waals surface area contributed by atoms with Crippen molar-refractivity contribution in [3.8, 4) is 11.8 Å². The molecule has 1 aromatic heterocycles. The summed E-state index contributed by atoms with van der Waals surface area (Å²) in [7, 11) is 0. The van der Waals surface area contributed by atoms with Gasteiger partial charge >= 0.3 is 0 Å². The van der Waals surface area contributed by atoms with E-state index in [0.717, 1.165) is 0 Å². The number of hydrogen-bond donors (Lipinski definition) is 3. The van der Waals surface area contributed by atoms with Crippen molar-refractivity contribution in [3.05, 3.63) is 12.1 Å². The molecule has 0 saturated heterocycles. The first-order valence-electron chi connectivity index (χ1n) is 2.27. The molecule has 1 heterocycles. The van der Waals surface area contributed by atoms with Gasteiger partial charge in [0, 0.05) is 17.0 Å². The van der Waals surface area contributed by atoms with Gasteiger partial charge in [0.25, 0.3) is 0 Å². The van der Waals surface area contributed by atoms with Crippen molar-refractivity contribution in [2.45, 2.75) is 4.90 Å². The number of pyridine rings is 1. The summed E-state index contributed by atoms with van der Waals surface area (Å²) >= 11 is 3.86. The van der Waals surface area contributed by atoms with Crippen LogP contribution in [0.3, 0.4) is 0 Å². The van der Waals surface area contributed by atoms with Crippen LogP contribution in [0.1, 0.15) is 0 Å². The molecule has 0 amide bonds. The number of aromatic nitrogens is 1. The maximum Gasteiger partial charge on any atom is 0.215 e. The van der Waals surface area contributed by atoms with Gasteiger partial charge in [-0.05, 0) is 0 Å². The van der Waals surface area contributed by atoms with Crippen LogP contribution in [0.4, 0.5) is 0 Å². The lowest BCUT2D eigenvalue weighted by molar-refractivity contribution is 0.410. The Hall–Kier alpha value is -0.900. The minimum Gasteiger partial charge on any atom is -0.493 e. The van der Waals surface area contributed by atoms with Crippen LogP contribution in [0.15, 0.2) is 17.0 Å². The van der Waals surface area contributed by atoms with E-state index in [1.54, 1.807) is 0 Å². The summed E-state index contributed by atoms with van der Waals surface area (Å²) in [6, 6.07) is 2.67. The Bertz CT molecular complexity index is 176. The van der Waals surface area contributed by atoms with Crippen molar-refractivity contribution in [2.24, 2.45) is 0 Å². The average molecular weight is 143 g/mol. The molecular weight excluding hydrogens is 138 g/mol. The second-order valence-corrected chi connectivity index (χ2v) is 2.06. The number of nitrogens with zero attached hydrogens (tertiary/aromatic N) is 1. The van der Waals surface area contributed by atoms with E-state index in [9.17, 15) is 0 Å². The Kier molecular flexibility index (Phi) is 1.48. The number of hydrogen-bond acceptors (Lipinski definition) is 4. The van der Waals surface area contributed by atoms with E-state index in [0.29, 0.717) is 4.90 Å². The SMILES string of the molecule is Oc1cc(S)cc(O)n1. The molecule has 2 N–H and O–H groups in total. The Morgan fingerprint density at radius 3 is 2.00 bits per heavy atom. The third-order valence-corrected chi connectivity index (χ3v) is 1.04. The van der Waals surface area contributed by atoms with Gasteiger partial charge in [-0.25, -0.2) is 0 Å². The van der Waals surface area contributed by atoms with Gasteiger partial charge in [0.2, 0.25) is 11.8 Å². The molecule has 0 aliphatic carbocycles. The largest absolute Gasteiger partial charge is 0.493 e. The van der Waals surface area contributed by atoms with E-state index in [2.05, 4.69) is 17.6 Å². The van der Waals surface area contributed by atoms with Gasteiger partial charge in [-0.15, -0.1) is 12.6 Å². The summed E-state index contributed by atoms with van der Waals surface area (Å²) in [4.78, 5) is 3.78. The van der Waals surface area contributed by atoms with Crippen LogP contribution in [-0.2, 0) is 0 Å². The monoisotopic (exact) mass is 143 g/mol. The number of thiol groups is 1. The first-order chi connectivity index (χ1) is 4.18. The molecule has 9 heavy (non-hydrogen) atoms. The fraction of sp³-hybridized carbons (Fsp3) is 0. The van der Waals surface area contributed by atoms with Crippen LogP contribution in [0.25, 0.3) is 0 Å². The van der Waals surface area contributed by atoms with E-state index in [1.807, 2.05) is 0 Å². The predicted octanol–water partition coefficient (Wildman–Crippen LogP) is 0.781. The van der Waals surface area contributed by atoms with Crippen LogP contribution in [0.2, 0.25) is 0 Å². The van der Waals surface area contributed by atoms with Crippen molar-refractivity contribution < 1.29 is 10.2 Å². The number of aromatic hydroxyl groups is 2. The second kappa shape index (κ2) is 2.14. The average Bonchev–Trinajstić information content (AvgIpc) is 1.59. The lowest BCUT2D eigenvalue weighted by Crippen LogP contribution is -1.74. The molecule has 0 aliphatic heterocycles. The molecule has 0 spiro atoms. The Morgan fingerprint density at radius 1 is 1.22 bits per heavy atom. The van der Waals surface area contributed by atoms with E-state index in [-0.39, 0.29) is 11.8 Å². The van der Waals surface area contributed by atoms with Gasteiger partial charge in [0.1, 0.15) is 0 Å². The molecule has 3 nitrogen and oxygen atoms in total.